The van der Waals surface area contributed by atoms with E-state index in [9.17, 15) is 4.79 Å². The van der Waals surface area contributed by atoms with E-state index in [-0.39, 0.29) is 6.61 Å². The van der Waals surface area contributed by atoms with Crippen molar-refractivity contribution in [2.75, 3.05) is 6.61 Å². The molecule has 0 heterocycles. The molecule has 11 heavy (non-hydrogen) atoms. The second-order valence-corrected chi connectivity index (χ2v) is 1.95. The number of aliphatic hydroxyl groups is 1. The molecule has 0 aliphatic rings. The average molecular weight is 160 g/mol. The molecule has 4 heteroatoms. The van der Waals surface area contributed by atoms with Crippen LogP contribution in [-0.4, -0.2) is 23.8 Å². The van der Waals surface area contributed by atoms with E-state index in [0.717, 1.165) is 6.08 Å². The highest BCUT2D eigenvalue weighted by Crippen LogP contribution is 1.91. The van der Waals surface area contributed by atoms with Gasteiger partial charge in [0, 0.05) is 6.08 Å². The van der Waals surface area contributed by atoms with Crippen molar-refractivity contribution in [3.8, 4) is 0 Å². The molecule has 1 unspecified atom stereocenters. The zero-order chi connectivity index (χ0) is 8.69. The van der Waals surface area contributed by atoms with Gasteiger partial charge in [0.25, 0.3) is 0 Å². The summed E-state index contributed by atoms with van der Waals surface area (Å²) in [6.45, 7) is 4.95. The molecule has 0 radical (unpaired) electrons. The van der Waals surface area contributed by atoms with E-state index in [1.807, 2.05) is 0 Å². The molecule has 0 saturated carbocycles. The van der Waals surface area contributed by atoms with Crippen LogP contribution in [0.2, 0.25) is 0 Å². The average Bonchev–Trinajstić information content (AvgIpc) is 2.04. The van der Waals surface area contributed by atoms with Crippen LogP contribution < -0.4 is 0 Å². The van der Waals surface area contributed by atoms with Gasteiger partial charge in [-0.15, -0.1) is 0 Å². The van der Waals surface area contributed by atoms with Crippen LogP contribution >= 0.6 is 0 Å². The Morgan fingerprint density at radius 1 is 1.82 bits per heavy atom. The first-order valence-electron chi connectivity index (χ1n) is 3.34. The Hall–Kier alpha value is -0.870. The van der Waals surface area contributed by atoms with Crippen LogP contribution in [0.25, 0.3) is 0 Å². The van der Waals surface area contributed by atoms with Crippen molar-refractivity contribution < 1.29 is 19.7 Å². The van der Waals surface area contributed by atoms with E-state index < -0.39 is 12.1 Å². The Labute approximate surface area is 65.4 Å². The molecule has 64 valence electrons. The topological polar surface area (TPSA) is 55.8 Å². The predicted molar refractivity (Wildman–Crippen MR) is 38.5 cm³/mol. The largest absolute Gasteiger partial charge is 0.391 e. The van der Waals surface area contributed by atoms with Crippen molar-refractivity contribution in [2.45, 2.75) is 19.4 Å². The maximum atomic E-state index is 10.3. The standard InChI is InChI=1S/C7H12O4/c1-3-6(8)5-10-11-7(9)4-2/h4,6,8H,2-3,5H2,1H3. The minimum Gasteiger partial charge on any atom is -0.391 e. The predicted octanol–water partition coefficient (Wildman–Crippen LogP) is 0.418. The van der Waals surface area contributed by atoms with Crippen LogP contribution in [0, 0.1) is 0 Å². The fraction of sp³-hybridized carbons (Fsp3) is 0.571. The highest BCUT2D eigenvalue weighted by molar-refractivity contribution is 5.80. The minimum absolute atomic E-state index is 0.00389. The Balaban J connectivity index is 3.26. The summed E-state index contributed by atoms with van der Waals surface area (Å²) in [5.41, 5.74) is 0. The first-order valence-corrected chi connectivity index (χ1v) is 3.34. The number of hydrogen-bond acceptors (Lipinski definition) is 4. The van der Waals surface area contributed by atoms with Gasteiger partial charge in [-0.05, 0) is 6.42 Å². The third-order valence-electron chi connectivity index (χ3n) is 1.04. The summed E-state index contributed by atoms with van der Waals surface area (Å²) in [5, 5.41) is 8.90. The summed E-state index contributed by atoms with van der Waals surface area (Å²) in [7, 11) is 0. The van der Waals surface area contributed by atoms with Gasteiger partial charge in [-0.3, -0.25) is 4.89 Å². The van der Waals surface area contributed by atoms with Gasteiger partial charge in [-0.2, -0.15) is 4.89 Å². The Bertz CT molecular complexity index is 132. The maximum Gasteiger partial charge on any atom is 0.365 e. The molecular formula is C7H12O4. The maximum absolute atomic E-state index is 10.3. The van der Waals surface area contributed by atoms with Crippen LogP contribution in [0.15, 0.2) is 12.7 Å². The fourth-order valence-electron chi connectivity index (χ4n) is 0.323. The van der Waals surface area contributed by atoms with Crippen molar-refractivity contribution in [1.82, 2.24) is 0 Å². The van der Waals surface area contributed by atoms with Crippen molar-refractivity contribution in [2.24, 2.45) is 0 Å². The lowest BCUT2D eigenvalue weighted by atomic mass is 10.3. The highest BCUT2D eigenvalue weighted by atomic mass is 17.2. The summed E-state index contributed by atoms with van der Waals surface area (Å²) in [5.74, 6) is -0.659. The van der Waals surface area contributed by atoms with Gasteiger partial charge >= 0.3 is 5.97 Å². The molecule has 0 aromatic carbocycles. The van der Waals surface area contributed by atoms with E-state index in [1.54, 1.807) is 6.92 Å². The van der Waals surface area contributed by atoms with Gasteiger partial charge < -0.3 is 5.11 Å². The smallest absolute Gasteiger partial charge is 0.365 e. The van der Waals surface area contributed by atoms with Gasteiger partial charge in [0.15, 0.2) is 0 Å². The molecule has 0 rings (SSSR count). The molecule has 0 saturated heterocycles. The molecule has 0 aliphatic carbocycles. The SMILES string of the molecule is C=CC(=O)OOCC(O)CC. The van der Waals surface area contributed by atoms with E-state index >= 15 is 0 Å². The number of aliphatic hydroxyl groups excluding tert-OH is 1. The third-order valence-corrected chi connectivity index (χ3v) is 1.04. The lowest BCUT2D eigenvalue weighted by molar-refractivity contribution is -0.276. The molecule has 0 aliphatic heterocycles. The molecule has 1 N–H and O–H groups in total. The first kappa shape index (κ1) is 10.1. The van der Waals surface area contributed by atoms with E-state index in [4.69, 9.17) is 5.11 Å². The lowest BCUT2D eigenvalue weighted by Crippen LogP contribution is -2.15. The number of rotatable bonds is 5. The summed E-state index contributed by atoms with van der Waals surface area (Å²) < 4.78 is 0. The molecule has 1 atom stereocenters. The summed E-state index contributed by atoms with van der Waals surface area (Å²) >= 11 is 0. The lowest BCUT2D eigenvalue weighted by Gasteiger charge is -2.05. The normalized spacial score (nSPS) is 12.2. The van der Waals surface area contributed by atoms with Crippen molar-refractivity contribution in [1.29, 1.82) is 0 Å². The van der Waals surface area contributed by atoms with Gasteiger partial charge in [0.2, 0.25) is 0 Å². The molecule has 0 amide bonds. The van der Waals surface area contributed by atoms with Crippen molar-refractivity contribution >= 4 is 5.97 Å². The van der Waals surface area contributed by atoms with Crippen LogP contribution in [0.5, 0.6) is 0 Å². The molecule has 0 aromatic heterocycles. The molecule has 0 bridgehead atoms. The van der Waals surface area contributed by atoms with Crippen molar-refractivity contribution in [3.05, 3.63) is 12.7 Å². The van der Waals surface area contributed by atoms with E-state index in [2.05, 4.69) is 16.4 Å². The monoisotopic (exact) mass is 160 g/mol. The number of carbonyl (C=O) groups excluding carboxylic acids is 1. The summed E-state index contributed by atoms with van der Waals surface area (Å²) in [4.78, 5) is 18.8. The summed E-state index contributed by atoms with van der Waals surface area (Å²) in [6, 6.07) is 0. The molecular weight excluding hydrogens is 148 g/mol. The van der Waals surface area contributed by atoms with Gasteiger partial charge in [0.1, 0.15) is 6.61 Å². The van der Waals surface area contributed by atoms with Gasteiger partial charge in [-0.1, -0.05) is 13.5 Å². The van der Waals surface area contributed by atoms with Crippen LogP contribution in [-0.2, 0) is 14.6 Å². The first-order chi connectivity index (χ1) is 5.20. The minimum atomic E-state index is -0.659. The Kier molecular flexibility index (Phi) is 5.42. The molecule has 0 spiro atoms. The molecule has 0 fully saturated rings. The zero-order valence-corrected chi connectivity index (χ0v) is 6.45. The second kappa shape index (κ2) is 5.88. The van der Waals surface area contributed by atoms with E-state index in [0.29, 0.717) is 6.42 Å². The quantitative estimate of drug-likeness (QED) is 0.359. The number of hydrogen-bond donors (Lipinski definition) is 1. The Morgan fingerprint density at radius 3 is 2.91 bits per heavy atom. The van der Waals surface area contributed by atoms with Crippen LogP contribution in [0.1, 0.15) is 13.3 Å². The Morgan fingerprint density at radius 2 is 2.45 bits per heavy atom. The van der Waals surface area contributed by atoms with Gasteiger partial charge in [-0.25, -0.2) is 4.79 Å². The second-order valence-electron chi connectivity index (χ2n) is 1.95. The van der Waals surface area contributed by atoms with Crippen LogP contribution in [0.4, 0.5) is 0 Å². The number of carbonyl (C=O) groups is 1. The van der Waals surface area contributed by atoms with E-state index in [1.165, 1.54) is 0 Å². The zero-order valence-electron chi connectivity index (χ0n) is 6.45. The third kappa shape index (κ3) is 5.57. The van der Waals surface area contributed by atoms with Crippen LogP contribution in [0.3, 0.4) is 0 Å². The highest BCUT2D eigenvalue weighted by Gasteiger charge is 2.02. The molecule has 4 nitrogen and oxygen atoms in total. The molecule has 0 aromatic rings. The van der Waals surface area contributed by atoms with Crippen molar-refractivity contribution in [3.63, 3.8) is 0 Å². The summed E-state index contributed by atoms with van der Waals surface area (Å²) in [6.07, 6.45) is 0.955. The van der Waals surface area contributed by atoms with Gasteiger partial charge in [0.05, 0.1) is 6.10 Å². The fourth-order valence-corrected chi connectivity index (χ4v) is 0.323.